The molecular weight excluding hydrogens is 292 g/mol. The first kappa shape index (κ1) is 14.5. The van der Waals surface area contributed by atoms with Gasteiger partial charge in [-0.25, -0.2) is 4.79 Å². The molecule has 23 heavy (non-hydrogen) atoms. The van der Waals surface area contributed by atoms with Gasteiger partial charge in [-0.05, 0) is 22.9 Å². The second kappa shape index (κ2) is 5.83. The molecule has 2 saturated heterocycles. The SMILES string of the molecule is O=C(Nc1ccc2ccccc2c1)N1CCC2(CC1)OCCO2. The van der Waals surface area contributed by atoms with Crippen LogP contribution in [0.4, 0.5) is 10.5 Å². The van der Waals surface area contributed by atoms with Gasteiger partial charge in [-0.15, -0.1) is 0 Å². The van der Waals surface area contributed by atoms with Crippen LogP contribution >= 0.6 is 0 Å². The van der Waals surface area contributed by atoms with Crippen LogP contribution in [0.3, 0.4) is 0 Å². The Hall–Kier alpha value is -2.11. The summed E-state index contributed by atoms with van der Waals surface area (Å²) in [6, 6.07) is 14.0. The van der Waals surface area contributed by atoms with Gasteiger partial charge in [0.25, 0.3) is 0 Å². The predicted molar refractivity (Wildman–Crippen MR) is 88.4 cm³/mol. The number of carbonyl (C=O) groups excluding carboxylic acids is 1. The maximum Gasteiger partial charge on any atom is 0.321 e. The fraction of sp³-hybridized carbons (Fsp3) is 0.389. The molecule has 2 amide bonds. The Kier molecular flexibility index (Phi) is 3.67. The lowest BCUT2D eigenvalue weighted by Crippen LogP contribution is -2.48. The van der Waals surface area contributed by atoms with Crippen molar-refractivity contribution >= 4 is 22.5 Å². The van der Waals surface area contributed by atoms with Gasteiger partial charge in [-0.3, -0.25) is 0 Å². The predicted octanol–water partition coefficient (Wildman–Crippen LogP) is 3.21. The lowest BCUT2D eigenvalue weighted by molar-refractivity contribution is -0.181. The number of ether oxygens (including phenoxy) is 2. The number of nitrogens with one attached hydrogen (secondary N) is 1. The van der Waals surface area contributed by atoms with Crippen molar-refractivity contribution in [1.82, 2.24) is 4.90 Å². The number of carbonyl (C=O) groups is 1. The molecule has 1 spiro atoms. The normalized spacial score (nSPS) is 20.1. The number of likely N-dealkylation sites (tertiary alicyclic amines) is 1. The molecule has 2 aliphatic rings. The van der Waals surface area contributed by atoms with E-state index in [4.69, 9.17) is 9.47 Å². The molecule has 4 rings (SSSR count). The van der Waals surface area contributed by atoms with Crippen LogP contribution < -0.4 is 5.32 Å². The van der Waals surface area contributed by atoms with Crippen LogP contribution in [0.2, 0.25) is 0 Å². The fourth-order valence-corrected chi connectivity index (χ4v) is 3.31. The summed E-state index contributed by atoms with van der Waals surface area (Å²) in [4.78, 5) is 14.3. The summed E-state index contributed by atoms with van der Waals surface area (Å²) in [7, 11) is 0. The topological polar surface area (TPSA) is 50.8 Å². The van der Waals surface area contributed by atoms with E-state index in [-0.39, 0.29) is 6.03 Å². The summed E-state index contributed by atoms with van der Waals surface area (Å²) in [6.07, 6.45) is 1.47. The Morgan fingerprint density at radius 3 is 2.43 bits per heavy atom. The molecule has 0 bridgehead atoms. The number of benzene rings is 2. The van der Waals surface area contributed by atoms with Crippen molar-refractivity contribution in [2.45, 2.75) is 18.6 Å². The molecule has 0 unspecified atom stereocenters. The molecule has 0 saturated carbocycles. The highest BCUT2D eigenvalue weighted by Crippen LogP contribution is 2.31. The van der Waals surface area contributed by atoms with Crippen LogP contribution in [0.1, 0.15) is 12.8 Å². The second-order valence-electron chi connectivity index (χ2n) is 6.09. The highest BCUT2D eigenvalue weighted by atomic mass is 16.7. The number of fused-ring (bicyclic) bond motifs is 1. The number of nitrogens with zero attached hydrogens (tertiary/aromatic N) is 1. The third kappa shape index (κ3) is 2.90. The van der Waals surface area contributed by atoms with E-state index in [9.17, 15) is 4.79 Å². The Morgan fingerprint density at radius 1 is 1.00 bits per heavy atom. The monoisotopic (exact) mass is 312 g/mol. The molecule has 0 aliphatic carbocycles. The van der Waals surface area contributed by atoms with Crippen LogP contribution in [-0.2, 0) is 9.47 Å². The third-order valence-corrected chi connectivity index (χ3v) is 4.63. The average Bonchev–Trinajstić information content (AvgIpc) is 3.03. The zero-order valence-electron chi connectivity index (χ0n) is 13.0. The van der Waals surface area contributed by atoms with Crippen molar-refractivity contribution in [2.24, 2.45) is 0 Å². The van der Waals surface area contributed by atoms with Crippen molar-refractivity contribution in [2.75, 3.05) is 31.6 Å². The fourth-order valence-electron chi connectivity index (χ4n) is 3.31. The molecule has 0 atom stereocenters. The number of hydrogen-bond donors (Lipinski definition) is 1. The van der Waals surface area contributed by atoms with Crippen molar-refractivity contribution in [3.8, 4) is 0 Å². The Morgan fingerprint density at radius 2 is 1.70 bits per heavy atom. The lowest BCUT2D eigenvalue weighted by atomic mass is 10.0. The standard InChI is InChI=1S/C18H20N2O3/c21-17(20-9-7-18(8-10-20)22-11-12-23-18)19-16-6-5-14-3-1-2-4-15(14)13-16/h1-6,13H,7-12H2,(H,19,21). The maximum atomic E-state index is 12.4. The zero-order valence-corrected chi connectivity index (χ0v) is 13.0. The Balaban J connectivity index is 1.41. The first-order valence-electron chi connectivity index (χ1n) is 8.07. The molecule has 2 aromatic rings. The lowest BCUT2D eigenvalue weighted by Gasteiger charge is -2.37. The molecule has 0 radical (unpaired) electrons. The summed E-state index contributed by atoms with van der Waals surface area (Å²) in [5.41, 5.74) is 0.822. The van der Waals surface area contributed by atoms with E-state index in [1.807, 2.05) is 41.3 Å². The van der Waals surface area contributed by atoms with Crippen LogP contribution in [0.25, 0.3) is 10.8 Å². The number of piperidine rings is 1. The van der Waals surface area contributed by atoms with E-state index in [0.717, 1.165) is 23.9 Å². The molecule has 0 aromatic heterocycles. The number of anilines is 1. The maximum absolute atomic E-state index is 12.4. The van der Waals surface area contributed by atoms with Crippen molar-refractivity contribution in [1.29, 1.82) is 0 Å². The molecular formula is C18H20N2O3. The first-order chi connectivity index (χ1) is 11.2. The van der Waals surface area contributed by atoms with Crippen LogP contribution in [0.15, 0.2) is 42.5 Å². The van der Waals surface area contributed by atoms with Gasteiger partial charge >= 0.3 is 6.03 Å². The zero-order chi connectivity index (χ0) is 15.7. The van der Waals surface area contributed by atoms with Crippen LogP contribution in [0, 0.1) is 0 Å². The summed E-state index contributed by atoms with van der Waals surface area (Å²) in [6.45, 7) is 2.62. The van der Waals surface area contributed by atoms with E-state index in [2.05, 4.69) is 11.4 Å². The minimum Gasteiger partial charge on any atom is -0.347 e. The number of urea groups is 1. The minimum absolute atomic E-state index is 0.0619. The van der Waals surface area contributed by atoms with Crippen LogP contribution in [-0.4, -0.2) is 43.0 Å². The number of amides is 2. The highest BCUT2D eigenvalue weighted by molar-refractivity contribution is 5.93. The van der Waals surface area contributed by atoms with Gasteiger partial charge < -0.3 is 19.7 Å². The smallest absolute Gasteiger partial charge is 0.321 e. The Labute approximate surface area is 135 Å². The average molecular weight is 312 g/mol. The van der Waals surface area contributed by atoms with Crippen molar-refractivity contribution in [3.05, 3.63) is 42.5 Å². The quantitative estimate of drug-likeness (QED) is 0.879. The van der Waals surface area contributed by atoms with E-state index < -0.39 is 5.79 Å². The molecule has 120 valence electrons. The molecule has 2 fully saturated rings. The summed E-state index contributed by atoms with van der Waals surface area (Å²) in [5.74, 6) is -0.445. The molecule has 2 aliphatic heterocycles. The molecule has 5 heteroatoms. The van der Waals surface area contributed by atoms with Gasteiger partial charge in [-0.2, -0.15) is 0 Å². The first-order valence-corrected chi connectivity index (χ1v) is 8.07. The third-order valence-electron chi connectivity index (χ3n) is 4.63. The van der Waals surface area contributed by atoms with E-state index in [1.165, 1.54) is 5.39 Å². The summed E-state index contributed by atoms with van der Waals surface area (Å²) in [5, 5.41) is 5.28. The summed E-state index contributed by atoms with van der Waals surface area (Å²) >= 11 is 0. The number of hydrogen-bond acceptors (Lipinski definition) is 3. The summed E-state index contributed by atoms with van der Waals surface area (Å²) < 4.78 is 11.4. The number of rotatable bonds is 1. The highest BCUT2D eigenvalue weighted by Gasteiger charge is 2.40. The van der Waals surface area contributed by atoms with Gasteiger partial charge in [0.2, 0.25) is 0 Å². The van der Waals surface area contributed by atoms with Crippen molar-refractivity contribution < 1.29 is 14.3 Å². The van der Waals surface area contributed by atoms with Gasteiger partial charge in [-0.1, -0.05) is 30.3 Å². The molecule has 5 nitrogen and oxygen atoms in total. The second-order valence-corrected chi connectivity index (χ2v) is 6.09. The largest absolute Gasteiger partial charge is 0.347 e. The van der Waals surface area contributed by atoms with E-state index >= 15 is 0 Å². The van der Waals surface area contributed by atoms with Gasteiger partial charge in [0.05, 0.1) is 13.2 Å². The van der Waals surface area contributed by atoms with Gasteiger partial charge in [0.15, 0.2) is 5.79 Å². The Bertz CT molecular complexity index is 715. The molecule has 1 N–H and O–H groups in total. The van der Waals surface area contributed by atoms with Crippen molar-refractivity contribution in [3.63, 3.8) is 0 Å². The van der Waals surface area contributed by atoms with E-state index in [0.29, 0.717) is 26.3 Å². The van der Waals surface area contributed by atoms with Crippen LogP contribution in [0.5, 0.6) is 0 Å². The molecule has 2 heterocycles. The molecule has 2 aromatic carbocycles. The van der Waals surface area contributed by atoms with E-state index in [1.54, 1.807) is 0 Å². The van der Waals surface area contributed by atoms with Gasteiger partial charge in [0.1, 0.15) is 0 Å². The van der Waals surface area contributed by atoms with Gasteiger partial charge in [0, 0.05) is 31.6 Å². The minimum atomic E-state index is -0.445.